The van der Waals surface area contributed by atoms with Gasteiger partial charge in [0.25, 0.3) is 0 Å². The quantitative estimate of drug-likeness (QED) is 0.788. The number of benzene rings is 2. The van der Waals surface area contributed by atoms with Crippen molar-refractivity contribution in [1.29, 1.82) is 0 Å². The van der Waals surface area contributed by atoms with Crippen molar-refractivity contribution in [2.45, 2.75) is 15.0 Å². The Bertz CT molecular complexity index is 781. The van der Waals surface area contributed by atoms with E-state index in [0.717, 1.165) is 0 Å². The number of phenols is 1. The molecule has 1 atom stereocenters. The first-order valence-corrected chi connectivity index (χ1v) is 9.46. The van der Waals surface area contributed by atoms with E-state index in [1.54, 1.807) is 24.3 Å². The third kappa shape index (κ3) is 2.32. The minimum Gasteiger partial charge on any atom is -0.508 e. The molecule has 3 N–H and O–H groups in total. The highest BCUT2D eigenvalue weighted by Gasteiger charge is 2.42. The van der Waals surface area contributed by atoms with Gasteiger partial charge in [-0.15, -0.1) is 0 Å². The van der Waals surface area contributed by atoms with Gasteiger partial charge in [-0.3, -0.25) is 9.11 Å². The van der Waals surface area contributed by atoms with E-state index in [1.807, 2.05) is 0 Å². The van der Waals surface area contributed by atoms with E-state index in [0.29, 0.717) is 10.5 Å². The fourth-order valence-electron chi connectivity index (χ4n) is 2.49. The molecule has 1 unspecified atom stereocenters. The SMILES string of the molecule is O=S(=O)(c1ccc(O)cc1)C1CS(O)(O)c2ccccc21. The lowest BCUT2D eigenvalue weighted by atomic mass is 10.2. The maximum absolute atomic E-state index is 12.7. The van der Waals surface area contributed by atoms with Crippen LogP contribution in [0, 0.1) is 0 Å². The molecule has 0 saturated heterocycles. The standard InChI is InChI=1S/C14H14O5S2/c15-10-5-7-11(8-6-10)21(18,19)14-9-20(16,17)13-4-2-1-3-12(13)14/h1-8,14-17H,9H2. The molecule has 21 heavy (non-hydrogen) atoms. The van der Waals surface area contributed by atoms with Gasteiger partial charge < -0.3 is 5.11 Å². The normalized spacial score (nSPS) is 21.7. The predicted octanol–water partition coefficient (Wildman–Crippen LogP) is 3.03. The minimum absolute atomic E-state index is 0.0231. The van der Waals surface area contributed by atoms with Crippen molar-refractivity contribution in [1.82, 2.24) is 0 Å². The molecule has 1 heterocycles. The van der Waals surface area contributed by atoms with Crippen LogP contribution in [0.2, 0.25) is 0 Å². The highest BCUT2D eigenvalue weighted by Crippen LogP contribution is 2.61. The minimum atomic E-state index is -3.75. The van der Waals surface area contributed by atoms with E-state index < -0.39 is 25.7 Å². The van der Waals surface area contributed by atoms with Gasteiger partial charge in [-0.25, -0.2) is 8.42 Å². The summed E-state index contributed by atoms with van der Waals surface area (Å²) in [7, 11) is -6.83. The first kappa shape index (κ1) is 14.4. The summed E-state index contributed by atoms with van der Waals surface area (Å²) >= 11 is 0. The average molecular weight is 326 g/mol. The molecular weight excluding hydrogens is 312 g/mol. The molecule has 2 aromatic carbocycles. The summed E-state index contributed by atoms with van der Waals surface area (Å²) in [5.41, 5.74) is 0.436. The third-order valence-corrected chi connectivity index (χ3v) is 7.73. The molecule has 0 aliphatic carbocycles. The summed E-state index contributed by atoms with van der Waals surface area (Å²) in [6, 6.07) is 11.7. The number of fused-ring (bicyclic) bond motifs is 1. The second kappa shape index (κ2) is 4.74. The van der Waals surface area contributed by atoms with Gasteiger partial charge in [0.05, 0.1) is 15.5 Å². The number of rotatable bonds is 2. The number of sulfone groups is 1. The Kier molecular flexibility index (Phi) is 3.25. The summed E-state index contributed by atoms with van der Waals surface area (Å²) in [5.74, 6) is -0.250. The first-order valence-electron chi connectivity index (χ1n) is 6.20. The van der Waals surface area contributed by atoms with Crippen molar-refractivity contribution in [3.05, 3.63) is 54.1 Å². The lowest BCUT2D eigenvalue weighted by Crippen LogP contribution is -2.15. The van der Waals surface area contributed by atoms with E-state index in [9.17, 15) is 22.6 Å². The number of phenolic OH excluding ortho intramolecular Hbond substituents is 1. The van der Waals surface area contributed by atoms with E-state index in [4.69, 9.17) is 0 Å². The van der Waals surface area contributed by atoms with Crippen molar-refractivity contribution < 1.29 is 22.6 Å². The highest BCUT2D eigenvalue weighted by molar-refractivity contribution is 8.25. The van der Waals surface area contributed by atoms with Crippen LogP contribution >= 0.6 is 10.6 Å². The number of hydrogen-bond acceptors (Lipinski definition) is 5. The van der Waals surface area contributed by atoms with Crippen LogP contribution in [0.3, 0.4) is 0 Å². The molecule has 7 heteroatoms. The molecule has 112 valence electrons. The van der Waals surface area contributed by atoms with Crippen LogP contribution in [0.4, 0.5) is 0 Å². The van der Waals surface area contributed by atoms with Crippen LogP contribution in [0.25, 0.3) is 0 Å². The van der Waals surface area contributed by atoms with Crippen molar-refractivity contribution in [3.63, 3.8) is 0 Å². The van der Waals surface area contributed by atoms with Crippen molar-refractivity contribution in [2.24, 2.45) is 0 Å². The Morgan fingerprint density at radius 3 is 2.29 bits per heavy atom. The fraction of sp³-hybridized carbons (Fsp3) is 0.143. The molecule has 5 nitrogen and oxygen atoms in total. The smallest absolute Gasteiger partial charge is 0.187 e. The van der Waals surface area contributed by atoms with Crippen LogP contribution < -0.4 is 0 Å². The van der Waals surface area contributed by atoms with Gasteiger partial charge in [0.2, 0.25) is 0 Å². The third-order valence-electron chi connectivity index (χ3n) is 3.54. The maximum Gasteiger partial charge on any atom is 0.187 e. The van der Waals surface area contributed by atoms with Crippen LogP contribution in [-0.2, 0) is 9.84 Å². The second-order valence-electron chi connectivity index (χ2n) is 4.90. The van der Waals surface area contributed by atoms with Crippen LogP contribution in [0.5, 0.6) is 5.75 Å². The van der Waals surface area contributed by atoms with Crippen molar-refractivity contribution >= 4 is 20.4 Å². The Morgan fingerprint density at radius 2 is 1.62 bits per heavy atom. The molecule has 0 spiro atoms. The second-order valence-corrected chi connectivity index (χ2v) is 9.14. The number of hydrogen-bond donors (Lipinski definition) is 3. The lowest BCUT2D eigenvalue weighted by Gasteiger charge is -2.27. The molecule has 0 bridgehead atoms. The predicted molar refractivity (Wildman–Crippen MR) is 80.5 cm³/mol. The van der Waals surface area contributed by atoms with Gasteiger partial charge in [-0.1, -0.05) is 18.2 Å². The van der Waals surface area contributed by atoms with Gasteiger partial charge in [-0.2, -0.15) is 10.6 Å². The Balaban J connectivity index is 2.11. The lowest BCUT2D eigenvalue weighted by molar-refractivity contribution is 0.474. The highest BCUT2D eigenvalue weighted by atomic mass is 32.3. The zero-order valence-corrected chi connectivity index (χ0v) is 12.5. The van der Waals surface area contributed by atoms with E-state index in [-0.39, 0.29) is 16.4 Å². The van der Waals surface area contributed by atoms with E-state index in [2.05, 4.69) is 0 Å². The van der Waals surface area contributed by atoms with Crippen LogP contribution in [0.1, 0.15) is 10.8 Å². The molecule has 2 aromatic rings. The molecule has 0 fully saturated rings. The van der Waals surface area contributed by atoms with Gasteiger partial charge in [0, 0.05) is 0 Å². The van der Waals surface area contributed by atoms with Gasteiger partial charge in [0.1, 0.15) is 11.0 Å². The molecule has 0 saturated carbocycles. The summed E-state index contributed by atoms with van der Waals surface area (Å²) in [6.07, 6.45) is 0. The molecule has 0 amide bonds. The van der Waals surface area contributed by atoms with Crippen LogP contribution in [0.15, 0.2) is 58.3 Å². The maximum atomic E-state index is 12.7. The van der Waals surface area contributed by atoms with Crippen molar-refractivity contribution in [2.75, 3.05) is 5.75 Å². The zero-order valence-electron chi connectivity index (χ0n) is 10.9. The molecule has 0 aromatic heterocycles. The first-order chi connectivity index (χ1) is 9.82. The molecule has 0 radical (unpaired) electrons. The Hall–Kier alpha value is -1.54. The molecule has 3 rings (SSSR count). The van der Waals surface area contributed by atoms with Crippen LogP contribution in [-0.4, -0.2) is 28.4 Å². The van der Waals surface area contributed by atoms with E-state index >= 15 is 0 Å². The van der Waals surface area contributed by atoms with Gasteiger partial charge >= 0.3 is 0 Å². The largest absolute Gasteiger partial charge is 0.508 e. The van der Waals surface area contributed by atoms with Gasteiger partial charge in [-0.05, 0) is 35.9 Å². The summed E-state index contributed by atoms with van der Waals surface area (Å²) in [6.45, 7) is 0. The Labute approximate surface area is 124 Å². The number of aromatic hydroxyl groups is 1. The van der Waals surface area contributed by atoms with E-state index in [1.165, 1.54) is 24.3 Å². The summed E-state index contributed by atoms with van der Waals surface area (Å²) < 4.78 is 45.6. The average Bonchev–Trinajstić information content (AvgIpc) is 2.73. The van der Waals surface area contributed by atoms with Gasteiger partial charge in [0.15, 0.2) is 9.84 Å². The molecule has 1 aliphatic rings. The summed E-state index contributed by atoms with van der Waals surface area (Å²) in [5, 5.41) is 8.27. The Morgan fingerprint density at radius 1 is 1.00 bits per heavy atom. The molecular formula is C14H14O5S2. The zero-order chi connectivity index (χ0) is 15.3. The van der Waals surface area contributed by atoms with Crippen molar-refractivity contribution in [3.8, 4) is 5.75 Å². The monoisotopic (exact) mass is 326 g/mol. The topological polar surface area (TPSA) is 94.8 Å². The summed E-state index contributed by atoms with van der Waals surface area (Å²) in [4.78, 5) is 0.356. The molecule has 1 aliphatic heterocycles. The fourth-order valence-corrected chi connectivity index (χ4v) is 6.90.